The summed E-state index contributed by atoms with van der Waals surface area (Å²) in [5.41, 5.74) is 2.52. The number of carbonyl (C=O) groups excluding carboxylic acids is 1. The lowest BCUT2D eigenvalue weighted by Gasteiger charge is -2.32. The second-order valence-corrected chi connectivity index (χ2v) is 8.24. The molecule has 2 aromatic heterocycles. The third kappa shape index (κ3) is 4.59. The average Bonchev–Trinajstić information content (AvgIpc) is 3.14. The molecule has 1 N–H and O–H groups in total. The van der Waals surface area contributed by atoms with Crippen molar-refractivity contribution in [3.05, 3.63) is 30.5 Å². The number of piperidine rings is 1. The summed E-state index contributed by atoms with van der Waals surface area (Å²) >= 11 is 0. The molecule has 0 aliphatic carbocycles. The van der Waals surface area contributed by atoms with E-state index in [1.807, 2.05) is 37.5 Å². The van der Waals surface area contributed by atoms with E-state index < -0.39 is 0 Å². The summed E-state index contributed by atoms with van der Waals surface area (Å²) in [6.45, 7) is 7.50. The number of anilines is 1. The normalized spacial score (nSPS) is 15.9. The molecule has 4 rings (SSSR count). The molecular formula is C21H27N7O. The van der Waals surface area contributed by atoms with Gasteiger partial charge in [0.25, 0.3) is 0 Å². The van der Waals surface area contributed by atoms with Gasteiger partial charge in [0.15, 0.2) is 5.82 Å². The molecule has 8 heteroatoms. The van der Waals surface area contributed by atoms with Gasteiger partial charge in [0, 0.05) is 30.5 Å². The number of hydrogen-bond acceptors (Lipinski definition) is 6. The zero-order valence-corrected chi connectivity index (χ0v) is 17.2. The molecule has 8 nitrogen and oxygen atoms in total. The predicted octanol–water partition coefficient (Wildman–Crippen LogP) is 2.73. The van der Waals surface area contributed by atoms with Crippen LogP contribution in [-0.4, -0.2) is 55.6 Å². The molecule has 152 valence electrons. The number of likely N-dealkylation sites (tertiary alicyclic amines) is 1. The van der Waals surface area contributed by atoms with Gasteiger partial charge in [-0.2, -0.15) is 0 Å². The Labute approximate surface area is 170 Å². The first-order chi connectivity index (χ1) is 14.0. The number of fused-ring (bicyclic) bond motifs is 1. The van der Waals surface area contributed by atoms with Crippen molar-refractivity contribution >= 4 is 22.6 Å². The van der Waals surface area contributed by atoms with Gasteiger partial charge in [0.05, 0.1) is 11.7 Å². The number of hydrogen-bond donors (Lipinski definition) is 1. The fourth-order valence-corrected chi connectivity index (χ4v) is 3.87. The SMILES string of the molecule is CC(C)CN1CCC(C(=O)Nc2cc3cc(-c4cn(C)nn4)ccc3nn2)CC1. The number of benzene rings is 1. The lowest BCUT2D eigenvalue weighted by molar-refractivity contribution is -0.121. The van der Waals surface area contributed by atoms with E-state index in [2.05, 4.69) is 44.6 Å². The molecule has 1 saturated heterocycles. The monoisotopic (exact) mass is 393 g/mol. The van der Waals surface area contributed by atoms with Crippen molar-refractivity contribution < 1.29 is 4.79 Å². The molecule has 1 aromatic carbocycles. The van der Waals surface area contributed by atoms with Crippen LogP contribution in [0.1, 0.15) is 26.7 Å². The first-order valence-electron chi connectivity index (χ1n) is 10.2. The maximum atomic E-state index is 12.7. The summed E-state index contributed by atoms with van der Waals surface area (Å²) < 4.78 is 1.67. The van der Waals surface area contributed by atoms with Gasteiger partial charge in [-0.05, 0) is 50.0 Å². The molecule has 1 aliphatic rings. The van der Waals surface area contributed by atoms with E-state index in [-0.39, 0.29) is 11.8 Å². The molecule has 29 heavy (non-hydrogen) atoms. The highest BCUT2D eigenvalue weighted by molar-refractivity contribution is 5.94. The minimum Gasteiger partial charge on any atom is -0.309 e. The Balaban J connectivity index is 1.44. The topological polar surface area (TPSA) is 88.8 Å². The van der Waals surface area contributed by atoms with Crippen molar-refractivity contribution in [2.45, 2.75) is 26.7 Å². The van der Waals surface area contributed by atoms with Gasteiger partial charge < -0.3 is 10.2 Å². The zero-order valence-electron chi connectivity index (χ0n) is 17.2. The summed E-state index contributed by atoms with van der Waals surface area (Å²) in [6.07, 6.45) is 3.64. The fourth-order valence-electron chi connectivity index (χ4n) is 3.87. The van der Waals surface area contributed by atoms with Gasteiger partial charge in [0.2, 0.25) is 5.91 Å². The third-order valence-corrected chi connectivity index (χ3v) is 5.32. The van der Waals surface area contributed by atoms with E-state index in [0.717, 1.165) is 54.6 Å². The van der Waals surface area contributed by atoms with E-state index in [9.17, 15) is 4.79 Å². The van der Waals surface area contributed by atoms with Crippen molar-refractivity contribution in [1.29, 1.82) is 0 Å². The van der Waals surface area contributed by atoms with E-state index in [0.29, 0.717) is 11.7 Å². The van der Waals surface area contributed by atoms with Crippen LogP contribution in [0.3, 0.4) is 0 Å². The third-order valence-electron chi connectivity index (χ3n) is 5.32. The van der Waals surface area contributed by atoms with Gasteiger partial charge in [-0.25, -0.2) is 0 Å². The van der Waals surface area contributed by atoms with Crippen molar-refractivity contribution in [2.75, 3.05) is 25.0 Å². The van der Waals surface area contributed by atoms with Crippen LogP contribution in [0.2, 0.25) is 0 Å². The number of rotatable bonds is 5. The summed E-state index contributed by atoms with van der Waals surface area (Å²) in [5, 5.41) is 20.4. The van der Waals surface area contributed by atoms with E-state index >= 15 is 0 Å². The van der Waals surface area contributed by atoms with Crippen LogP contribution in [0, 0.1) is 11.8 Å². The van der Waals surface area contributed by atoms with Crippen LogP contribution in [0.5, 0.6) is 0 Å². The standard InChI is InChI=1S/C21H27N7O/c1-14(2)12-28-8-6-15(7-9-28)21(29)22-20-11-17-10-16(4-5-18(17)23-25-20)19-13-27(3)26-24-19/h4-5,10-11,13-15H,6-9,12H2,1-3H3,(H,22,25,29). The van der Waals surface area contributed by atoms with Gasteiger partial charge in [-0.3, -0.25) is 9.48 Å². The minimum atomic E-state index is 0.0295. The first-order valence-corrected chi connectivity index (χ1v) is 10.2. The highest BCUT2D eigenvalue weighted by Gasteiger charge is 2.25. The Kier molecular flexibility index (Phi) is 5.53. The van der Waals surface area contributed by atoms with E-state index in [4.69, 9.17) is 0 Å². The summed E-state index contributed by atoms with van der Waals surface area (Å²) in [4.78, 5) is 15.1. The molecule has 1 aliphatic heterocycles. The Hall–Kier alpha value is -2.87. The van der Waals surface area contributed by atoms with Crippen LogP contribution in [-0.2, 0) is 11.8 Å². The molecule has 0 radical (unpaired) electrons. The largest absolute Gasteiger partial charge is 0.309 e. The number of aryl methyl sites for hydroxylation is 1. The fraction of sp³-hybridized carbons (Fsp3) is 0.476. The minimum absolute atomic E-state index is 0.0295. The summed E-state index contributed by atoms with van der Waals surface area (Å²) in [6, 6.07) is 7.72. The second-order valence-electron chi connectivity index (χ2n) is 8.24. The number of nitrogens with one attached hydrogen (secondary N) is 1. The Morgan fingerprint density at radius 3 is 2.66 bits per heavy atom. The quantitative estimate of drug-likeness (QED) is 0.717. The van der Waals surface area contributed by atoms with E-state index in [1.54, 1.807) is 4.68 Å². The molecule has 3 heterocycles. The first kappa shape index (κ1) is 19.4. The lowest BCUT2D eigenvalue weighted by Crippen LogP contribution is -2.39. The number of aromatic nitrogens is 5. The van der Waals surface area contributed by atoms with Gasteiger partial charge in [-0.1, -0.05) is 25.1 Å². The molecule has 0 saturated carbocycles. The molecule has 1 amide bonds. The van der Waals surface area contributed by atoms with Crippen molar-refractivity contribution in [2.24, 2.45) is 18.9 Å². The zero-order chi connectivity index (χ0) is 20.4. The summed E-state index contributed by atoms with van der Waals surface area (Å²) in [5.74, 6) is 1.21. The average molecular weight is 393 g/mol. The molecule has 1 fully saturated rings. The highest BCUT2D eigenvalue weighted by Crippen LogP contribution is 2.24. The predicted molar refractivity (Wildman–Crippen MR) is 112 cm³/mol. The van der Waals surface area contributed by atoms with Crippen molar-refractivity contribution in [1.82, 2.24) is 30.1 Å². The second kappa shape index (κ2) is 8.24. The maximum absolute atomic E-state index is 12.7. The molecule has 0 unspecified atom stereocenters. The van der Waals surface area contributed by atoms with Crippen molar-refractivity contribution in [3.63, 3.8) is 0 Å². The smallest absolute Gasteiger partial charge is 0.228 e. The van der Waals surface area contributed by atoms with Crippen LogP contribution in [0.25, 0.3) is 22.2 Å². The molecule has 0 atom stereocenters. The van der Waals surface area contributed by atoms with Gasteiger partial charge >= 0.3 is 0 Å². The van der Waals surface area contributed by atoms with Crippen LogP contribution < -0.4 is 5.32 Å². The molecular weight excluding hydrogens is 366 g/mol. The van der Waals surface area contributed by atoms with Crippen molar-refractivity contribution in [3.8, 4) is 11.3 Å². The van der Waals surface area contributed by atoms with Gasteiger partial charge in [-0.15, -0.1) is 15.3 Å². The van der Waals surface area contributed by atoms with Crippen LogP contribution in [0.4, 0.5) is 5.82 Å². The summed E-state index contributed by atoms with van der Waals surface area (Å²) in [7, 11) is 1.84. The number of amides is 1. The molecule has 0 spiro atoms. The Morgan fingerprint density at radius 2 is 1.97 bits per heavy atom. The number of carbonyl (C=O) groups is 1. The molecule has 3 aromatic rings. The maximum Gasteiger partial charge on any atom is 0.228 e. The number of nitrogens with zero attached hydrogens (tertiary/aromatic N) is 6. The lowest BCUT2D eigenvalue weighted by atomic mass is 9.95. The Morgan fingerprint density at radius 1 is 1.17 bits per heavy atom. The molecule has 0 bridgehead atoms. The van der Waals surface area contributed by atoms with Crippen LogP contribution in [0.15, 0.2) is 30.5 Å². The van der Waals surface area contributed by atoms with Gasteiger partial charge in [0.1, 0.15) is 5.69 Å². The van der Waals surface area contributed by atoms with E-state index in [1.165, 1.54) is 0 Å². The highest BCUT2D eigenvalue weighted by atomic mass is 16.2. The van der Waals surface area contributed by atoms with Crippen LogP contribution >= 0.6 is 0 Å². The Bertz CT molecular complexity index is 1010.